The van der Waals surface area contributed by atoms with Gasteiger partial charge in [-0.15, -0.1) is 0 Å². The standard InChI is InChI=1S/C14H19NO4/c1-4-19-13(18)14(3,10(2)16)15-12(17)11-8-6-5-7-9-11/h5-10,16H,4H2,1-3H3,(H,15,17). The second kappa shape index (κ2) is 6.33. The first-order valence-electron chi connectivity index (χ1n) is 6.14. The second-order valence-electron chi connectivity index (χ2n) is 4.42. The van der Waals surface area contributed by atoms with Gasteiger partial charge in [0.05, 0.1) is 12.7 Å². The Morgan fingerprint density at radius 1 is 1.37 bits per heavy atom. The molecule has 0 saturated heterocycles. The lowest BCUT2D eigenvalue weighted by Gasteiger charge is -2.31. The molecule has 5 nitrogen and oxygen atoms in total. The molecule has 0 bridgehead atoms. The molecule has 0 aliphatic carbocycles. The van der Waals surface area contributed by atoms with Crippen LogP contribution in [0.4, 0.5) is 0 Å². The Balaban J connectivity index is 2.91. The van der Waals surface area contributed by atoms with Crippen LogP contribution in [0, 0.1) is 0 Å². The van der Waals surface area contributed by atoms with E-state index in [4.69, 9.17) is 4.74 Å². The second-order valence-corrected chi connectivity index (χ2v) is 4.42. The van der Waals surface area contributed by atoms with Crippen LogP contribution in [0.2, 0.25) is 0 Å². The fourth-order valence-electron chi connectivity index (χ4n) is 1.50. The van der Waals surface area contributed by atoms with E-state index in [9.17, 15) is 14.7 Å². The maximum absolute atomic E-state index is 12.0. The van der Waals surface area contributed by atoms with E-state index < -0.39 is 23.5 Å². The summed E-state index contributed by atoms with van der Waals surface area (Å²) in [6.45, 7) is 4.72. The van der Waals surface area contributed by atoms with Gasteiger partial charge in [0.2, 0.25) is 0 Å². The van der Waals surface area contributed by atoms with Gasteiger partial charge >= 0.3 is 5.97 Å². The number of aliphatic hydroxyl groups excluding tert-OH is 1. The predicted molar refractivity (Wildman–Crippen MR) is 70.6 cm³/mol. The third-order valence-electron chi connectivity index (χ3n) is 2.94. The number of carbonyl (C=O) groups excluding carboxylic acids is 2. The molecule has 0 aliphatic heterocycles. The van der Waals surface area contributed by atoms with Gasteiger partial charge in [-0.25, -0.2) is 4.79 Å². The zero-order valence-electron chi connectivity index (χ0n) is 11.3. The number of ether oxygens (including phenoxy) is 1. The van der Waals surface area contributed by atoms with Crippen LogP contribution in [0.5, 0.6) is 0 Å². The van der Waals surface area contributed by atoms with Gasteiger partial charge in [-0.2, -0.15) is 0 Å². The third kappa shape index (κ3) is 3.54. The highest BCUT2D eigenvalue weighted by Gasteiger charge is 2.41. The minimum Gasteiger partial charge on any atom is -0.464 e. The Labute approximate surface area is 112 Å². The third-order valence-corrected chi connectivity index (χ3v) is 2.94. The van der Waals surface area contributed by atoms with Crippen molar-refractivity contribution in [3.05, 3.63) is 35.9 Å². The molecule has 0 aliphatic rings. The zero-order valence-corrected chi connectivity index (χ0v) is 11.3. The molecule has 2 N–H and O–H groups in total. The lowest BCUT2D eigenvalue weighted by Crippen LogP contribution is -2.59. The number of esters is 1. The summed E-state index contributed by atoms with van der Waals surface area (Å²) >= 11 is 0. The Morgan fingerprint density at radius 3 is 2.42 bits per heavy atom. The van der Waals surface area contributed by atoms with E-state index in [0.29, 0.717) is 5.56 Å². The van der Waals surface area contributed by atoms with Crippen molar-refractivity contribution >= 4 is 11.9 Å². The first-order valence-corrected chi connectivity index (χ1v) is 6.14. The van der Waals surface area contributed by atoms with Crippen molar-refractivity contribution in [2.45, 2.75) is 32.4 Å². The summed E-state index contributed by atoms with van der Waals surface area (Å²) in [5.41, 5.74) is -1.05. The SMILES string of the molecule is CCOC(=O)C(C)(NC(=O)c1ccccc1)C(C)O. The number of hydrogen-bond donors (Lipinski definition) is 2. The van der Waals surface area contributed by atoms with E-state index in [2.05, 4.69) is 5.32 Å². The summed E-state index contributed by atoms with van der Waals surface area (Å²) in [5.74, 6) is -1.09. The Kier molecular flexibility index (Phi) is 5.06. The van der Waals surface area contributed by atoms with E-state index >= 15 is 0 Å². The summed E-state index contributed by atoms with van der Waals surface area (Å²) in [6.07, 6.45) is -1.07. The number of aliphatic hydroxyl groups is 1. The average molecular weight is 265 g/mol. The minimum absolute atomic E-state index is 0.183. The predicted octanol–water partition coefficient (Wildman–Crippen LogP) is 1.12. The maximum atomic E-state index is 12.0. The molecule has 0 aromatic heterocycles. The van der Waals surface area contributed by atoms with Crippen molar-refractivity contribution < 1.29 is 19.4 Å². The van der Waals surface area contributed by atoms with Gasteiger partial charge in [-0.05, 0) is 32.9 Å². The van der Waals surface area contributed by atoms with Crippen LogP contribution in [-0.2, 0) is 9.53 Å². The van der Waals surface area contributed by atoms with Crippen molar-refractivity contribution in [3.63, 3.8) is 0 Å². The summed E-state index contributed by atoms with van der Waals surface area (Å²) in [6, 6.07) is 8.49. The van der Waals surface area contributed by atoms with E-state index in [1.165, 1.54) is 13.8 Å². The van der Waals surface area contributed by atoms with Crippen molar-refractivity contribution in [1.29, 1.82) is 0 Å². The van der Waals surface area contributed by atoms with Crippen LogP contribution in [0.3, 0.4) is 0 Å². The zero-order chi connectivity index (χ0) is 14.5. The van der Waals surface area contributed by atoms with Crippen molar-refractivity contribution in [2.75, 3.05) is 6.61 Å². The van der Waals surface area contributed by atoms with Gasteiger partial charge in [-0.1, -0.05) is 18.2 Å². The van der Waals surface area contributed by atoms with Gasteiger partial charge in [0.25, 0.3) is 5.91 Å². The molecule has 0 heterocycles. The quantitative estimate of drug-likeness (QED) is 0.782. The largest absolute Gasteiger partial charge is 0.464 e. The highest BCUT2D eigenvalue weighted by atomic mass is 16.5. The van der Waals surface area contributed by atoms with Crippen LogP contribution in [0.25, 0.3) is 0 Å². The van der Waals surface area contributed by atoms with Gasteiger partial charge in [0.15, 0.2) is 5.54 Å². The highest BCUT2D eigenvalue weighted by Crippen LogP contribution is 2.14. The van der Waals surface area contributed by atoms with Crippen molar-refractivity contribution in [2.24, 2.45) is 0 Å². The molecule has 0 radical (unpaired) electrons. The lowest BCUT2D eigenvalue weighted by molar-refractivity contribution is -0.154. The fourth-order valence-corrected chi connectivity index (χ4v) is 1.50. The van der Waals surface area contributed by atoms with Crippen LogP contribution in [-0.4, -0.2) is 35.2 Å². The number of hydrogen-bond acceptors (Lipinski definition) is 4. The first-order chi connectivity index (χ1) is 8.91. The molecule has 5 heteroatoms. The monoisotopic (exact) mass is 265 g/mol. The topological polar surface area (TPSA) is 75.6 Å². The van der Waals surface area contributed by atoms with E-state index in [1.54, 1.807) is 37.3 Å². The van der Waals surface area contributed by atoms with E-state index in [0.717, 1.165) is 0 Å². The number of carbonyl (C=O) groups is 2. The normalized spacial score (nSPS) is 15.2. The smallest absolute Gasteiger partial charge is 0.334 e. The molecule has 19 heavy (non-hydrogen) atoms. The molecule has 0 saturated carbocycles. The summed E-state index contributed by atoms with van der Waals surface area (Å²) < 4.78 is 4.89. The number of benzene rings is 1. The molecule has 1 amide bonds. The van der Waals surface area contributed by atoms with Gasteiger partial charge in [0.1, 0.15) is 0 Å². The van der Waals surface area contributed by atoms with Gasteiger partial charge < -0.3 is 15.2 Å². The Morgan fingerprint density at radius 2 is 1.95 bits per heavy atom. The molecule has 104 valence electrons. The average Bonchev–Trinajstić information content (AvgIpc) is 2.39. The maximum Gasteiger partial charge on any atom is 0.334 e. The molecule has 1 aromatic carbocycles. The number of amides is 1. The van der Waals surface area contributed by atoms with Crippen LogP contribution in [0.15, 0.2) is 30.3 Å². The summed E-state index contributed by atoms with van der Waals surface area (Å²) in [5, 5.41) is 12.3. The molecule has 1 aromatic rings. The molecule has 2 unspecified atom stereocenters. The van der Waals surface area contributed by atoms with Crippen molar-refractivity contribution in [1.82, 2.24) is 5.32 Å². The van der Waals surface area contributed by atoms with Crippen LogP contribution < -0.4 is 5.32 Å². The van der Waals surface area contributed by atoms with E-state index in [1.807, 2.05) is 0 Å². The molecular formula is C14H19NO4. The first kappa shape index (κ1) is 15.2. The number of nitrogens with one attached hydrogen (secondary N) is 1. The van der Waals surface area contributed by atoms with Crippen LogP contribution >= 0.6 is 0 Å². The Bertz CT molecular complexity index is 444. The summed E-state index contributed by atoms with van der Waals surface area (Å²) in [4.78, 5) is 23.9. The fraction of sp³-hybridized carbons (Fsp3) is 0.429. The van der Waals surface area contributed by atoms with Crippen molar-refractivity contribution in [3.8, 4) is 0 Å². The molecule has 2 atom stereocenters. The molecule has 1 rings (SSSR count). The van der Waals surface area contributed by atoms with Gasteiger partial charge in [-0.3, -0.25) is 4.79 Å². The van der Waals surface area contributed by atoms with Crippen LogP contribution in [0.1, 0.15) is 31.1 Å². The van der Waals surface area contributed by atoms with Gasteiger partial charge in [0, 0.05) is 5.56 Å². The molecular weight excluding hydrogens is 246 g/mol. The van der Waals surface area contributed by atoms with E-state index in [-0.39, 0.29) is 6.61 Å². The molecule has 0 fully saturated rings. The minimum atomic E-state index is -1.47. The Hall–Kier alpha value is -1.88. The summed E-state index contributed by atoms with van der Waals surface area (Å²) in [7, 11) is 0. The number of rotatable bonds is 5. The molecule has 0 spiro atoms. The highest BCUT2D eigenvalue weighted by molar-refractivity contribution is 5.98. The lowest BCUT2D eigenvalue weighted by atomic mass is 9.95.